The van der Waals surface area contributed by atoms with E-state index in [1.807, 2.05) is 18.5 Å². The molecule has 1 aliphatic heterocycles. The van der Waals surface area contributed by atoms with Gasteiger partial charge < -0.3 is 9.64 Å². The summed E-state index contributed by atoms with van der Waals surface area (Å²) >= 11 is 0. The van der Waals surface area contributed by atoms with Crippen LogP contribution in [0.1, 0.15) is 24.8 Å². The van der Waals surface area contributed by atoms with Crippen LogP contribution in [0.25, 0.3) is 16.8 Å². The van der Waals surface area contributed by atoms with Crippen molar-refractivity contribution in [1.82, 2.24) is 19.5 Å². The maximum Gasteiger partial charge on any atom is 0.161 e. The van der Waals surface area contributed by atoms with E-state index in [1.54, 1.807) is 10.7 Å². The van der Waals surface area contributed by atoms with Crippen LogP contribution in [0.5, 0.6) is 5.75 Å². The Bertz CT molecular complexity index is 873. The maximum absolute atomic E-state index is 6.20. The standard InChI is InChI=1S/C20H24N4O/c1-15-5-6-19(25-13-8-16-4-3-11-23(16)2)18(14-15)17-7-9-22-24-12-10-21-20(17)24/h5-7,9-10,12,14,16H,3-4,8,11,13H2,1-2H3. The molecule has 4 rings (SSSR count). The summed E-state index contributed by atoms with van der Waals surface area (Å²) in [5.74, 6) is 0.919. The molecule has 0 radical (unpaired) electrons. The fourth-order valence-corrected chi connectivity index (χ4v) is 3.68. The molecule has 5 heteroatoms. The predicted molar refractivity (Wildman–Crippen MR) is 98.9 cm³/mol. The van der Waals surface area contributed by atoms with Crippen molar-refractivity contribution in [2.24, 2.45) is 0 Å². The van der Waals surface area contributed by atoms with E-state index in [0.29, 0.717) is 6.04 Å². The van der Waals surface area contributed by atoms with Gasteiger partial charge in [0.05, 0.1) is 6.61 Å². The van der Waals surface area contributed by atoms with E-state index in [4.69, 9.17) is 4.74 Å². The lowest BCUT2D eigenvalue weighted by atomic mass is 10.0. The molecule has 5 nitrogen and oxygen atoms in total. The van der Waals surface area contributed by atoms with Gasteiger partial charge >= 0.3 is 0 Å². The first-order valence-electron chi connectivity index (χ1n) is 8.95. The number of ether oxygens (including phenoxy) is 1. The van der Waals surface area contributed by atoms with E-state index in [1.165, 1.54) is 24.9 Å². The fourth-order valence-electron chi connectivity index (χ4n) is 3.68. The molecule has 3 aromatic rings. The van der Waals surface area contributed by atoms with Crippen LogP contribution >= 0.6 is 0 Å². The minimum atomic E-state index is 0.647. The van der Waals surface area contributed by atoms with E-state index in [0.717, 1.165) is 35.6 Å². The van der Waals surface area contributed by atoms with Crippen LogP contribution in [0.3, 0.4) is 0 Å². The second-order valence-corrected chi connectivity index (χ2v) is 6.85. The number of hydrogen-bond donors (Lipinski definition) is 0. The van der Waals surface area contributed by atoms with Crippen molar-refractivity contribution in [3.63, 3.8) is 0 Å². The zero-order valence-corrected chi connectivity index (χ0v) is 14.9. The van der Waals surface area contributed by atoms with Gasteiger partial charge in [0.1, 0.15) is 5.75 Å². The average Bonchev–Trinajstić information content (AvgIpc) is 3.25. The molecule has 1 atom stereocenters. The highest BCUT2D eigenvalue weighted by molar-refractivity contribution is 5.81. The minimum absolute atomic E-state index is 0.647. The van der Waals surface area contributed by atoms with Gasteiger partial charge in [0.25, 0.3) is 0 Å². The first kappa shape index (κ1) is 16.1. The number of imidazole rings is 1. The van der Waals surface area contributed by atoms with Crippen LogP contribution in [-0.4, -0.2) is 45.7 Å². The predicted octanol–water partition coefficient (Wildman–Crippen LogP) is 3.57. The van der Waals surface area contributed by atoms with Gasteiger partial charge in [-0.05, 0) is 58.0 Å². The van der Waals surface area contributed by atoms with Gasteiger partial charge in [0, 0.05) is 35.8 Å². The second kappa shape index (κ2) is 6.84. The molecule has 0 bridgehead atoms. The van der Waals surface area contributed by atoms with Crippen LogP contribution in [0.2, 0.25) is 0 Å². The van der Waals surface area contributed by atoms with Crippen molar-refractivity contribution in [2.45, 2.75) is 32.2 Å². The first-order chi connectivity index (χ1) is 12.2. The molecule has 1 fully saturated rings. The third kappa shape index (κ3) is 3.24. The van der Waals surface area contributed by atoms with Gasteiger partial charge in [0.15, 0.2) is 5.65 Å². The van der Waals surface area contributed by atoms with Crippen molar-refractivity contribution in [3.8, 4) is 16.9 Å². The Kier molecular flexibility index (Phi) is 4.40. The molecule has 1 unspecified atom stereocenters. The molecule has 0 saturated carbocycles. The molecule has 0 aliphatic carbocycles. The van der Waals surface area contributed by atoms with Crippen molar-refractivity contribution in [3.05, 3.63) is 48.4 Å². The Labute approximate surface area is 148 Å². The minimum Gasteiger partial charge on any atom is -0.493 e. The first-order valence-corrected chi connectivity index (χ1v) is 8.95. The van der Waals surface area contributed by atoms with Crippen LogP contribution < -0.4 is 4.74 Å². The molecule has 0 amide bonds. The SMILES string of the molecule is Cc1ccc(OCCC2CCCN2C)c(-c2ccnn3ccnc23)c1. The van der Waals surface area contributed by atoms with E-state index in [9.17, 15) is 0 Å². The second-order valence-electron chi connectivity index (χ2n) is 6.85. The molecule has 1 saturated heterocycles. The summed E-state index contributed by atoms with van der Waals surface area (Å²) in [6, 6.07) is 9.00. The highest BCUT2D eigenvalue weighted by Crippen LogP contribution is 2.33. The van der Waals surface area contributed by atoms with Gasteiger partial charge in [0.2, 0.25) is 0 Å². The lowest BCUT2D eigenvalue weighted by Gasteiger charge is -2.20. The third-order valence-electron chi connectivity index (χ3n) is 5.10. The number of nitrogens with zero attached hydrogens (tertiary/aromatic N) is 4. The van der Waals surface area contributed by atoms with Crippen LogP contribution in [-0.2, 0) is 0 Å². The largest absolute Gasteiger partial charge is 0.493 e. The number of aryl methyl sites for hydroxylation is 1. The maximum atomic E-state index is 6.20. The molecular weight excluding hydrogens is 312 g/mol. The molecule has 1 aliphatic rings. The summed E-state index contributed by atoms with van der Waals surface area (Å²) < 4.78 is 8.00. The third-order valence-corrected chi connectivity index (χ3v) is 5.10. The number of rotatable bonds is 5. The zero-order valence-electron chi connectivity index (χ0n) is 14.9. The highest BCUT2D eigenvalue weighted by Gasteiger charge is 2.20. The van der Waals surface area contributed by atoms with Gasteiger partial charge in [-0.25, -0.2) is 9.50 Å². The Balaban J connectivity index is 1.60. The number of benzene rings is 1. The quantitative estimate of drug-likeness (QED) is 0.714. The average molecular weight is 336 g/mol. The molecule has 0 spiro atoms. The van der Waals surface area contributed by atoms with Gasteiger partial charge in [-0.3, -0.25) is 0 Å². The summed E-state index contributed by atoms with van der Waals surface area (Å²) in [5, 5.41) is 4.31. The smallest absolute Gasteiger partial charge is 0.161 e. The molecule has 130 valence electrons. The lowest BCUT2D eigenvalue weighted by molar-refractivity contribution is 0.234. The summed E-state index contributed by atoms with van der Waals surface area (Å²) in [7, 11) is 2.21. The van der Waals surface area contributed by atoms with Crippen LogP contribution in [0.4, 0.5) is 0 Å². The van der Waals surface area contributed by atoms with E-state index in [-0.39, 0.29) is 0 Å². The van der Waals surface area contributed by atoms with E-state index >= 15 is 0 Å². The molecule has 3 heterocycles. The van der Waals surface area contributed by atoms with E-state index < -0.39 is 0 Å². The normalized spacial score (nSPS) is 18.1. The Morgan fingerprint density at radius 1 is 1.20 bits per heavy atom. The number of likely N-dealkylation sites (tertiary alicyclic amines) is 1. The zero-order chi connectivity index (χ0) is 17.2. The van der Waals surface area contributed by atoms with E-state index in [2.05, 4.69) is 47.2 Å². The van der Waals surface area contributed by atoms with Gasteiger partial charge in [-0.2, -0.15) is 5.10 Å². The summed E-state index contributed by atoms with van der Waals surface area (Å²) in [5.41, 5.74) is 4.20. The van der Waals surface area contributed by atoms with Gasteiger partial charge in [-0.1, -0.05) is 11.6 Å². The Hall–Kier alpha value is -2.40. The molecule has 0 N–H and O–H groups in total. The Morgan fingerprint density at radius 2 is 2.12 bits per heavy atom. The number of fused-ring (bicyclic) bond motifs is 1. The monoisotopic (exact) mass is 336 g/mol. The highest BCUT2D eigenvalue weighted by atomic mass is 16.5. The van der Waals surface area contributed by atoms with Crippen molar-refractivity contribution < 1.29 is 4.74 Å². The topological polar surface area (TPSA) is 42.7 Å². The van der Waals surface area contributed by atoms with Crippen LogP contribution in [0, 0.1) is 6.92 Å². The molecule has 1 aromatic carbocycles. The number of hydrogen-bond acceptors (Lipinski definition) is 4. The van der Waals surface area contributed by atoms with Crippen molar-refractivity contribution in [1.29, 1.82) is 0 Å². The summed E-state index contributed by atoms with van der Waals surface area (Å²) in [6.07, 6.45) is 9.09. The summed E-state index contributed by atoms with van der Waals surface area (Å²) in [4.78, 5) is 6.90. The number of aromatic nitrogens is 3. The van der Waals surface area contributed by atoms with Crippen LogP contribution in [0.15, 0.2) is 42.9 Å². The Morgan fingerprint density at radius 3 is 2.96 bits per heavy atom. The van der Waals surface area contributed by atoms with Gasteiger partial charge in [-0.15, -0.1) is 0 Å². The molecule has 25 heavy (non-hydrogen) atoms. The molecule has 2 aromatic heterocycles. The van der Waals surface area contributed by atoms with Crippen molar-refractivity contribution >= 4 is 5.65 Å². The fraction of sp³-hybridized carbons (Fsp3) is 0.400. The van der Waals surface area contributed by atoms with Crippen molar-refractivity contribution in [2.75, 3.05) is 20.2 Å². The lowest BCUT2D eigenvalue weighted by Crippen LogP contribution is -2.26. The molecular formula is C20H24N4O. The summed E-state index contributed by atoms with van der Waals surface area (Å²) in [6.45, 7) is 4.04.